The van der Waals surface area contributed by atoms with E-state index in [1.807, 2.05) is 20.8 Å². The molecule has 0 aliphatic rings. The van der Waals surface area contributed by atoms with Crippen LogP contribution in [-0.2, 0) is 5.41 Å². The van der Waals surface area contributed by atoms with Crippen LogP contribution in [0.4, 0.5) is 0 Å². The van der Waals surface area contributed by atoms with Crippen molar-refractivity contribution in [3.8, 4) is 0 Å². The van der Waals surface area contributed by atoms with E-state index >= 15 is 0 Å². The van der Waals surface area contributed by atoms with Crippen LogP contribution in [-0.4, -0.2) is 5.10 Å². The van der Waals surface area contributed by atoms with Crippen molar-refractivity contribution in [1.29, 1.82) is 0 Å². The zero-order valence-electron chi connectivity index (χ0n) is 6.32. The maximum absolute atomic E-state index is 5.15. The van der Waals surface area contributed by atoms with Gasteiger partial charge in [-0.15, -0.1) is 5.10 Å². The molecule has 0 unspecified atom stereocenters. The Labute approximate surface area is 64.5 Å². The molecule has 1 aromatic rings. The molecule has 0 aromatic carbocycles. The smallest absolute Gasteiger partial charge is 0.374 e. The van der Waals surface area contributed by atoms with Crippen molar-refractivity contribution in [3.63, 3.8) is 0 Å². The summed E-state index contributed by atoms with van der Waals surface area (Å²) in [5.41, 5.74) is -0.00639. The minimum Gasteiger partial charge on any atom is -0.374 e. The Balaban J connectivity index is 3.07. The standard InChI is InChI=1S/C6H10N2OS/c1-6(2,3)4-7-8-5(10)9-4/h1-3H3,(H,8,10)/p+1. The summed E-state index contributed by atoms with van der Waals surface area (Å²) in [6.07, 6.45) is 0. The Morgan fingerprint density at radius 1 is 1.50 bits per heavy atom. The molecule has 0 fully saturated rings. The average molecular weight is 159 g/mol. The highest BCUT2D eigenvalue weighted by Crippen LogP contribution is 2.16. The van der Waals surface area contributed by atoms with Crippen molar-refractivity contribution < 1.29 is 9.52 Å². The number of H-pyrrole nitrogens is 2. The molecule has 0 saturated heterocycles. The first-order chi connectivity index (χ1) is 4.50. The van der Waals surface area contributed by atoms with E-state index in [0.717, 1.165) is 5.89 Å². The van der Waals surface area contributed by atoms with Gasteiger partial charge < -0.3 is 4.42 Å². The molecule has 1 rings (SSSR count). The van der Waals surface area contributed by atoms with Gasteiger partial charge in [-0.2, -0.15) is 0 Å². The van der Waals surface area contributed by atoms with Crippen LogP contribution in [0.25, 0.3) is 0 Å². The quantitative estimate of drug-likeness (QED) is 0.582. The van der Waals surface area contributed by atoms with Gasteiger partial charge in [0.2, 0.25) is 0 Å². The van der Waals surface area contributed by atoms with Gasteiger partial charge in [-0.1, -0.05) is 5.10 Å². The summed E-state index contributed by atoms with van der Waals surface area (Å²) in [7, 11) is 0. The highest BCUT2D eigenvalue weighted by molar-refractivity contribution is 7.71. The summed E-state index contributed by atoms with van der Waals surface area (Å²) in [4.78, 5) is 0.393. The molecular formula is C6H11N2OS+. The molecule has 1 heterocycles. The molecule has 10 heavy (non-hydrogen) atoms. The molecule has 0 saturated carbocycles. The number of nitrogens with one attached hydrogen (secondary N) is 2. The number of aromatic amines is 2. The third-order valence-corrected chi connectivity index (χ3v) is 1.34. The third kappa shape index (κ3) is 1.44. The van der Waals surface area contributed by atoms with Crippen LogP contribution >= 0.6 is 12.2 Å². The highest BCUT2D eigenvalue weighted by atomic mass is 32.1. The minimum absolute atomic E-state index is 0.00639. The lowest BCUT2D eigenvalue weighted by molar-refractivity contribution is -0.473. The summed E-state index contributed by atoms with van der Waals surface area (Å²) in [6.45, 7) is 6.14. The zero-order chi connectivity index (χ0) is 7.78. The SMILES string of the molecule is CC(C)(C)c1[nH+][nH]c(=S)o1. The molecule has 0 aliphatic heterocycles. The molecule has 0 spiro atoms. The fourth-order valence-corrected chi connectivity index (χ4v) is 0.726. The molecule has 2 N–H and O–H groups in total. The van der Waals surface area contributed by atoms with Gasteiger partial charge in [0, 0.05) is 0 Å². The fraction of sp³-hybridized carbons (Fsp3) is 0.667. The number of hydrogen-bond acceptors (Lipinski definition) is 2. The van der Waals surface area contributed by atoms with Crippen LogP contribution in [0.3, 0.4) is 0 Å². The van der Waals surface area contributed by atoms with E-state index < -0.39 is 0 Å². The molecule has 56 valence electrons. The summed E-state index contributed by atoms with van der Waals surface area (Å²) >= 11 is 4.75. The van der Waals surface area contributed by atoms with Gasteiger partial charge in [-0.3, -0.25) is 0 Å². The van der Waals surface area contributed by atoms with Crippen LogP contribution in [0, 0.1) is 4.84 Å². The lowest BCUT2D eigenvalue weighted by atomic mass is 9.97. The van der Waals surface area contributed by atoms with E-state index in [-0.39, 0.29) is 5.41 Å². The van der Waals surface area contributed by atoms with Gasteiger partial charge in [0.05, 0.1) is 5.41 Å². The Morgan fingerprint density at radius 3 is 2.30 bits per heavy atom. The molecule has 4 heteroatoms. The van der Waals surface area contributed by atoms with E-state index in [1.165, 1.54) is 0 Å². The molecule has 3 nitrogen and oxygen atoms in total. The van der Waals surface area contributed by atoms with Crippen molar-refractivity contribution in [2.24, 2.45) is 0 Å². The summed E-state index contributed by atoms with van der Waals surface area (Å²) < 4.78 is 5.15. The van der Waals surface area contributed by atoms with Gasteiger partial charge in [0.25, 0.3) is 0 Å². The van der Waals surface area contributed by atoms with Crippen molar-refractivity contribution in [1.82, 2.24) is 5.10 Å². The van der Waals surface area contributed by atoms with E-state index in [0.29, 0.717) is 4.84 Å². The summed E-state index contributed by atoms with van der Waals surface area (Å²) in [5.74, 6) is 0.775. The maximum Gasteiger partial charge on any atom is 0.376 e. The Kier molecular flexibility index (Phi) is 1.64. The number of aromatic nitrogens is 2. The van der Waals surface area contributed by atoms with Crippen LogP contribution < -0.4 is 5.10 Å². The van der Waals surface area contributed by atoms with Gasteiger partial charge in [0.15, 0.2) is 0 Å². The zero-order valence-corrected chi connectivity index (χ0v) is 7.13. The number of hydrogen-bond donors (Lipinski definition) is 1. The second-order valence-corrected chi connectivity index (χ2v) is 3.59. The first-order valence-electron chi connectivity index (χ1n) is 3.11. The highest BCUT2D eigenvalue weighted by Gasteiger charge is 2.25. The first-order valence-corrected chi connectivity index (χ1v) is 3.52. The Hall–Kier alpha value is -0.640. The van der Waals surface area contributed by atoms with Gasteiger partial charge in [0.1, 0.15) is 0 Å². The second-order valence-electron chi connectivity index (χ2n) is 3.22. The Morgan fingerprint density at radius 2 is 2.10 bits per heavy atom. The third-order valence-electron chi connectivity index (χ3n) is 1.15. The van der Waals surface area contributed by atoms with Crippen LogP contribution in [0.1, 0.15) is 26.7 Å². The molecule has 0 bridgehead atoms. The van der Waals surface area contributed by atoms with E-state index in [1.54, 1.807) is 0 Å². The summed E-state index contributed by atoms with van der Waals surface area (Å²) in [5, 5.41) is 5.55. The first kappa shape index (κ1) is 7.47. The van der Waals surface area contributed by atoms with Crippen molar-refractivity contribution in [2.45, 2.75) is 26.2 Å². The monoisotopic (exact) mass is 159 g/mol. The van der Waals surface area contributed by atoms with E-state index in [2.05, 4.69) is 10.2 Å². The normalized spacial score (nSPS) is 11.9. The van der Waals surface area contributed by atoms with Gasteiger partial charge in [-0.05, 0) is 33.0 Å². The van der Waals surface area contributed by atoms with E-state index in [9.17, 15) is 0 Å². The predicted molar refractivity (Wildman–Crippen MR) is 39.1 cm³/mol. The van der Waals surface area contributed by atoms with Gasteiger partial charge >= 0.3 is 10.7 Å². The van der Waals surface area contributed by atoms with E-state index in [4.69, 9.17) is 16.6 Å². The predicted octanol–water partition coefficient (Wildman–Crippen LogP) is 1.45. The minimum atomic E-state index is -0.00639. The molecule has 0 aliphatic carbocycles. The van der Waals surface area contributed by atoms with Crippen LogP contribution in [0.2, 0.25) is 0 Å². The maximum atomic E-state index is 5.15. The molecule has 0 amide bonds. The number of rotatable bonds is 0. The average Bonchev–Trinajstić information content (AvgIpc) is 2.11. The van der Waals surface area contributed by atoms with Crippen molar-refractivity contribution in [3.05, 3.63) is 10.7 Å². The van der Waals surface area contributed by atoms with Crippen molar-refractivity contribution in [2.75, 3.05) is 0 Å². The molecule has 1 aromatic heterocycles. The molecule has 0 atom stereocenters. The largest absolute Gasteiger partial charge is 0.376 e. The molecular weight excluding hydrogens is 148 g/mol. The fourth-order valence-electron chi connectivity index (χ4n) is 0.592. The lowest BCUT2D eigenvalue weighted by Crippen LogP contribution is -2.22. The topological polar surface area (TPSA) is 43.1 Å². The van der Waals surface area contributed by atoms with Crippen LogP contribution in [0.5, 0.6) is 0 Å². The van der Waals surface area contributed by atoms with Crippen LogP contribution in [0.15, 0.2) is 4.42 Å². The summed E-state index contributed by atoms with van der Waals surface area (Å²) in [6, 6.07) is 0. The Bertz CT molecular complexity index is 268. The van der Waals surface area contributed by atoms with Crippen molar-refractivity contribution >= 4 is 12.2 Å². The van der Waals surface area contributed by atoms with Gasteiger partial charge in [-0.25, -0.2) is 0 Å². The lowest BCUT2D eigenvalue weighted by Gasteiger charge is -2.05. The second kappa shape index (κ2) is 2.20. The molecule has 0 radical (unpaired) electrons.